The molecule has 2 aromatic carbocycles. The molecular formula is C17H15ClN2O2. The smallest absolute Gasteiger partial charge is 0.258 e. The Kier molecular flexibility index (Phi) is 3.86. The minimum Gasteiger partial charge on any atom is -0.324 e. The molecule has 0 spiro atoms. The van der Waals surface area contributed by atoms with Crippen molar-refractivity contribution in [1.29, 1.82) is 0 Å². The van der Waals surface area contributed by atoms with Crippen molar-refractivity contribution in [2.24, 2.45) is 0 Å². The predicted molar refractivity (Wildman–Crippen MR) is 87.4 cm³/mol. The van der Waals surface area contributed by atoms with Gasteiger partial charge >= 0.3 is 0 Å². The summed E-state index contributed by atoms with van der Waals surface area (Å²) in [6.45, 7) is 1.87. The highest BCUT2D eigenvalue weighted by molar-refractivity contribution is 6.31. The van der Waals surface area contributed by atoms with Gasteiger partial charge in [0.25, 0.3) is 5.91 Å². The lowest BCUT2D eigenvalue weighted by Crippen LogP contribution is -2.39. The van der Waals surface area contributed by atoms with Crippen LogP contribution in [0.5, 0.6) is 0 Å². The van der Waals surface area contributed by atoms with Gasteiger partial charge in [-0.25, -0.2) is 0 Å². The predicted octanol–water partition coefficient (Wildman–Crippen LogP) is 3.72. The second-order valence-corrected chi connectivity index (χ2v) is 5.74. The van der Waals surface area contributed by atoms with Crippen LogP contribution in [0.4, 0.5) is 11.4 Å². The summed E-state index contributed by atoms with van der Waals surface area (Å²) in [5, 5.41) is 3.35. The van der Waals surface area contributed by atoms with E-state index in [2.05, 4.69) is 5.32 Å². The summed E-state index contributed by atoms with van der Waals surface area (Å²) in [6, 6.07) is 13.9. The highest BCUT2D eigenvalue weighted by atomic mass is 35.5. The van der Waals surface area contributed by atoms with E-state index < -0.39 is 0 Å². The standard InChI is InChI=1S/C17H15ClN2O2/c1-11-9-16(21)19-14-7-2-3-8-15(14)20(11)17(22)12-5-4-6-13(18)10-12/h2-8,10-11H,9H2,1H3,(H,19,21)/t11-/m1/s1. The van der Waals surface area contributed by atoms with Crippen molar-refractivity contribution in [3.8, 4) is 0 Å². The van der Waals surface area contributed by atoms with Gasteiger partial charge in [-0.3, -0.25) is 9.59 Å². The van der Waals surface area contributed by atoms with Gasteiger partial charge in [0, 0.05) is 23.0 Å². The van der Waals surface area contributed by atoms with Crippen LogP contribution >= 0.6 is 11.6 Å². The molecule has 22 heavy (non-hydrogen) atoms. The zero-order valence-corrected chi connectivity index (χ0v) is 12.8. The van der Waals surface area contributed by atoms with Crippen molar-refractivity contribution >= 4 is 34.8 Å². The number of anilines is 2. The molecule has 0 fully saturated rings. The molecule has 0 saturated heterocycles. The zero-order valence-electron chi connectivity index (χ0n) is 12.0. The van der Waals surface area contributed by atoms with E-state index in [4.69, 9.17) is 11.6 Å². The molecule has 1 N–H and O–H groups in total. The third kappa shape index (κ3) is 2.70. The average Bonchev–Trinajstić information content (AvgIpc) is 2.61. The fraction of sp³-hybridized carbons (Fsp3) is 0.176. The summed E-state index contributed by atoms with van der Waals surface area (Å²) < 4.78 is 0. The monoisotopic (exact) mass is 314 g/mol. The molecule has 1 atom stereocenters. The number of hydrogen-bond donors (Lipinski definition) is 1. The van der Waals surface area contributed by atoms with E-state index in [-0.39, 0.29) is 24.3 Å². The third-order valence-electron chi connectivity index (χ3n) is 3.65. The minimum absolute atomic E-state index is 0.0960. The number of rotatable bonds is 1. The van der Waals surface area contributed by atoms with Gasteiger partial charge in [0.2, 0.25) is 5.91 Å². The van der Waals surface area contributed by atoms with Crippen LogP contribution in [-0.4, -0.2) is 17.9 Å². The number of halogens is 1. The molecule has 0 radical (unpaired) electrons. The topological polar surface area (TPSA) is 49.4 Å². The van der Waals surface area contributed by atoms with Crippen LogP contribution in [0.3, 0.4) is 0 Å². The Balaban J connectivity index is 2.08. The van der Waals surface area contributed by atoms with Crippen molar-refractivity contribution in [3.63, 3.8) is 0 Å². The average molecular weight is 315 g/mol. The van der Waals surface area contributed by atoms with Gasteiger partial charge in [-0.05, 0) is 37.3 Å². The van der Waals surface area contributed by atoms with E-state index in [1.807, 2.05) is 25.1 Å². The van der Waals surface area contributed by atoms with Crippen LogP contribution in [-0.2, 0) is 4.79 Å². The summed E-state index contributed by atoms with van der Waals surface area (Å²) in [5.41, 5.74) is 1.85. The maximum atomic E-state index is 12.9. The number of benzene rings is 2. The van der Waals surface area contributed by atoms with Crippen LogP contribution in [0.2, 0.25) is 5.02 Å². The Morgan fingerprint density at radius 1 is 1.23 bits per heavy atom. The lowest BCUT2D eigenvalue weighted by Gasteiger charge is -2.28. The first-order chi connectivity index (χ1) is 10.6. The summed E-state index contributed by atoms with van der Waals surface area (Å²) in [4.78, 5) is 26.5. The van der Waals surface area contributed by atoms with Gasteiger partial charge in [-0.15, -0.1) is 0 Å². The number of para-hydroxylation sites is 2. The first kappa shape index (κ1) is 14.6. The molecule has 0 aliphatic carbocycles. The number of amides is 2. The number of nitrogens with zero attached hydrogens (tertiary/aromatic N) is 1. The molecule has 3 rings (SSSR count). The second-order valence-electron chi connectivity index (χ2n) is 5.30. The number of carbonyl (C=O) groups excluding carboxylic acids is 2. The van der Waals surface area contributed by atoms with Crippen LogP contribution in [0.1, 0.15) is 23.7 Å². The number of nitrogens with one attached hydrogen (secondary N) is 1. The fourth-order valence-electron chi connectivity index (χ4n) is 2.66. The molecule has 0 unspecified atom stereocenters. The Bertz CT molecular complexity index is 745. The highest BCUT2D eigenvalue weighted by Gasteiger charge is 2.30. The second kappa shape index (κ2) is 5.81. The van der Waals surface area contributed by atoms with Gasteiger partial charge in [0.05, 0.1) is 11.4 Å². The van der Waals surface area contributed by atoms with Crippen LogP contribution in [0.15, 0.2) is 48.5 Å². The Hall–Kier alpha value is -2.33. The van der Waals surface area contributed by atoms with Crippen LogP contribution in [0, 0.1) is 0 Å². The Morgan fingerprint density at radius 2 is 2.00 bits per heavy atom. The SMILES string of the molecule is C[C@@H]1CC(=O)Nc2ccccc2N1C(=O)c1cccc(Cl)c1. The number of hydrogen-bond acceptors (Lipinski definition) is 2. The van der Waals surface area contributed by atoms with Crippen LogP contribution < -0.4 is 10.2 Å². The first-order valence-corrected chi connectivity index (χ1v) is 7.42. The minimum atomic E-state index is -0.241. The van der Waals surface area contributed by atoms with E-state index in [0.717, 1.165) is 0 Å². The molecule has 2 amide bonds. The molecule has 0 aromatic heterocycles. The summed E-state index contributed by atoms with van der Waals surface area (Å²) in [5.74, 6) is -0.264. The van der Waals surface area contributed by atoms with Crippen molar-refractivity contribution in [1.82, 2.24) is 0 Å². The number of fused-ring (bicyclic) bond motifs is 1. The summed E-state index contributed by atoms with van der Waals surface area (Å²) in [7, 11) is 0. The van der Waals surface area contributed by atoms with E-state index in [0.29, 0.717) is 22.0 Å². The highest BCUT2D eigenvalue weighted by Crippen LogP contribution is 2.32. The van der Waals surface area contributed by atoms with Gasteiger partial charge in [-0.2, -0.15) is 0 Å². The van der Waals surface area contributed by atoms with Gasteiger partial charge < -0.3 is 10.2 Å². The molecule has 0 saturated carbocycles. The maximum absolute atomic E-state index is 12.9. The fourth-order valence-corrected chi connectivity index (χ4v) is 2.85. The lowest BCUT2D eigenvalue weighted by molar-refractivity contribution is -0.116. The molecule has 2 aromatic rings. The first-order valence-electron chi connectivity index (χ1n) is 7.04. The van der Waals surface area contributed by atoms with Crippen molar-refractivity contribution in [3.05, 3.63) is 59.1 Å². The molecular weight excluding hydrogens is 300 g/mol. The Morgan fingerprint density at radius 3 is 2.77 bits per heavy atom. The molecule has 1 aliphatic heterocycles. The van der Waals surface area contributed by atoms with Gasteiger partial charge in [0.15, 0.2) is 0 Å². The maximum Gasteiger partial charge on any atom is 0.258 e. The largest absolute Gasteiger partial charge is 0.324 e. The molecule has 4 nitrogen and oxygen atoms in total. The van der Waals surface area contributed by atoms with E-state index in [9.17, 15) is 9.59 Å². The normalized spacial score (nSPS) is 17.5. The quantitative estimate of drug-likeness (QED) is 0.872. The van der Waals surface area contributed by atoms with Gasteiger partial charge in [-0.1, -0.05) is 29.8 Å². The molecule has 1 aliphatic rings. The lowest BCUT2D eigenvalue weighted by atomic mass is 10.1. The van der Waals surface area contributed by atoms with E-state index in [1.54, 1.807) is 35.2 Å². The zero-order chi connectivity index (χ0) is 15.7. The molecule has 5 heteroatoms. The summed E-state index contributed by atoms with van der Waals surface area (Å²) in [6.07, 6.45) is 0.251. The van der Waals surface area contributed by atoms with E-state index in [1.165, 1.54) is 0 Å². The third-order valence-corrected chi connectivity index (χ3v) is 3.88. The molecule has 112 valence electrons. The van der Waals surface area contributed by atoms with Crippen molar-refractivity contribution in [2.75, 3.05) is 10.2 Å². The van der Waals surface area contributed by atoms with Crippen LogP contribution in [0.25, 0.3) is 0 Å². The van der Waals surface area contributed by atoms with Crippen molar-refractivity contribution < 1.29 is 9.59 Å². The van der Waals surface area contributed by atoms with Gasteiger partial charge in [0.1, 0.15) is 0 Å². The van der Waals surface area contributed by atoms with Crippen molar-refractivity contribution in [2.45, 2.75) is 19.4 Å². The molecule has 0 bridgehead atoms. The number of carbonyl (C=O) groups is 2. The molecule has 1 heterocycles. The van der Waals surface area contributed by atoms with E-state index >= 15 is 0 Å². The Labute approximate surface area is 133 Å². The summed E-state index contributed by atoms with van der Waals surface area (Å²) >= 11 is 5.98.